The smallest absolute Gasteiger partial charge is 0.246 e. The molecule has 0 bridgehead atoms. The van der Waals surface area contributed by atoms with Gasteiger partial charge in [-0.05, 0) is 18.2 Å². The van der Waals surface area contributed by atoms with Crippen LogP contribution in [0.2, 0.25) is 0 Å². The van der Waals surface area contributed by atoms with E-state index >= 15 is 0 Å². The fraction of sp³-hybridized carbons (Fsp3) is 0. The lowest BCUT2D eigenvalue weighted by Crippen LogP contribution is -1.66. The number of hydrogen-bond acceptors (Lipinski definition) is 3. The minimum Gasteiger partial charge on any atom is -0.503 e. The number of fused-ring (bicyclic) bond motifs is 1. The van der Waals surface area contributed by atoms with Gasteiger partial charge >= 0.3 is 0 Å². The lowest BCUT2D eigenvalue weighted by Gasteiger charge is -1.89. The highest BCUT2D eigenvalue weighted by atomic mass is 79.9. The molecule has 2 aromatic rings. The Bertz CT molecular complexity index is 510. The summed E-state index contributed by atoms with van der Waals surface area (Å²) in [5, 5.41) is 18.6. The zero-order valence-electron chi connectivity index (χ0n) is 6.41. The maximum absolute atomic E-state index is 9.48. The number of nitriles is 1. The summed E-state index contributed by atoms with van der Waals surface area (Å²) in [6.07, 6.45) is 0. The molecule has 1 N–H and O–H groups in total. The van der Waals surface area contributed by atoms with Crippen molar-refractivity contribution in [3.8, 4) is 11.8 Å². The Balaban J connectivity index is 2.87. The minimum absolute atomic E-state index is 0.0481. The van der Waals surface area contributed by atoms with Crippen molar-refractivity contribution < 1.29 is 9.52 Å². The normalized spacial score (nSPS) is 10.2. The van der Waals surface area contributed by atoms with E-state index in [1.165, 1.54) is 0 Å². The van der Waals surface area contributed by atoms with Gasteiger partial charge in [-0.3, -0.25) is 0 Å². The second-order valence-electron chi connectivity index (χ2n) is 2.53. The van der Waals surface area contributed by atoms with Gasteiger partial charge in [0.1, 0.15) is 11.7 Å². The number of rotatable bonds is 0. The summed E-state index contributed by atoms with van der Waals surface area (Å²) in [5.74, 6) is -0.146. The van der Waals surface area contributed by atoms with Gasteiger partial charge in [-0.25, -0.2) is 0 Å². The van der Waals surface area contributed by atoms with Gasteiger partial charge in [-0.15, -0.1) is 0 Å². The van der Waals surface area contributed by atoms with E-state index in [1.807, 2.05) is 0 Å². The van der Waals surface area contributed by atoms with Gasteiger partial charge in [0.2, 0.25) is 5.76 Å². The van der Waals surface area contributed by atoms with Gasteiger partial charge in [0, 0.05) is 4.47 Å². The van der Waals surface area contributed by atoms with Gasteiger partial charge in [0.25, 0.3) is 0 Å². The third kappa shape index (κ3) is 1.18. The van der Waals surface area contributed by atoms with Crippen molar-refractivity contribution in [1.29, 1.82) is 5.26 Å². The van der Waals surface area contributed by atoms with Crippen molar-refractivity contribution in [2.24, 2.45) is 0 Å². The molecule has 0 spiro atoms. The maximum Gasteiger partial charge on any atom is 0.246 e. The highest BCUT2D eigenvalue weighted by Gasteiger charge is 2.12. The van der Waals surface area contributed by atoms with Crippen LogP contribution in [0.3, 0.4) is 0 Å². The van der Waals surface area contributed by atoms with E-state index in [0.29, 0.717) is 11.0 Å². The van der Waals surface area contributed by atoms with Crippen molar-refractivity contribution in [2.75, 3.05) is 0 Å². The lowest BCUT2D eigenvalue weighted by atomic mass is 10.2. The van der Waals surface area contributed by atoms with Crippen molar-refractivity contribution in [2.45, 2.75) is 0 Å². The van der Waals surface area contributed by atoms with Crippen LogP contribution < -0.4 is 0 Å². The van der Waals surface area contributed by atoms with E-state index in [4.69, 9.17) is 9.68 Å². The maximum atomic E-state index is 9.48. The van der Waals surface area contributed by atoms with Crippen molar-refractivity contribution in [3.63, 3.8) is 0 Å². The fourth-order valence-corrected chi connectivity index (χ4v) is 1.49. The second kappa shape index (κ2) is 2.79. The minimum atomic E-state index is -0.0983. The van der Waals surface area contributed by atoms with E-state index in [2.05, 4.69) is 15.9 Å². The van der Waals surface area contributed by atoms with Crippen LogP contribution in [-0.4, -0.2) is 5.11 Å². The molecular weight excluding hydrogens is 234 g/mol. The molecule has 0 aliphatic carbocycles. The molecule has 0 aliphatic heterocycles. The Labute approximate surface area is 82.3 Å². The zero-order chi connectivity index (χ0) is 9.42. The predicted molar refractivity (Wildman–Crippen MR) is 50.3 cm³/mol. The fourth-order valence-electron chi connectivity index (χ4n) is 1.13. The number of halogens is 1. The summed E-state index contributed by atoms with van der Waals surface area (Å²) >= 11 is 3.26. The summed E-state index contributed by atoms with van der Waals surface area (Å²) < 4.78 is 5.90. The van der Waals surface area contributed by atoms with Gasteiger partial charge in [-0.2, -0.15) is 5.26 Å². The Kier molecular flexibility index (Phi) is 1.74. The summed E-state index contributed by atoms with van der Waals surface area (Å²) in [6.45, 7) is 0. The summed E-state index contributed by atoms with van der Waals surface area (Å²) in [6, 6.07) is 6.95. The summed E-state index contributed by atoms with van der Waals surface area (Å²) in [4.78, 5) is 0. The number of benzene rings is 1. The van der Waals surface area contributed by atoms with E-state index in [9.17, 15) is 5.11 Å². The molecule has 13 heavy (non-hydrogen) atoms. The molecule has 0 radical (unpaired) electrons. The number of furan rings is 1. The first kappa shape index (κ1) is 8.14. The number of aromatic hydroxyl groups is 1. The lowest BCUT2D eigenvalue weighted by molar-refractivity contribution is 0.459. The highest BCUT2D eigenvalue weighted by Crippen LogP contribution is 2.32. The standard InChI is InChI=1S/C9H4BrNO2/c10-5-1-2-7-6(3-5)9(12)8(4-11)13-7/h1-3,12H. The molecule has 0 aliphatic rings. The molecular formula is C9H4BrNO2. The average molecular weight is 238 g/mol. The van der Waals surface area contributed by atoms with Crippen molar-refractivity contribution in [1.82, 2.24) is 0 Å². The van der Waals surface area contributed by atoms with Crippen molar-refractivity contribution in [3.05, 3.63) is 28.4 Å². The van der Waals surface area contributed by atoms with Crippen LogP contribution in [0, 0.1) is 11.3 Å². The Morgan fingerprint density at radius 1 is 1.46 bits per heavy atom. The largest absolute Gasteiger partial charge is 0.503 e. The first-order valence-electron chi connectivity index (χ1n) is 3.53. The van der Waals surface area contributed by atoms with E-state index in [1.54, 1.807) is 24.3 Å². The molecule has 1 aromatic heterocycles. The third-order valence-corrected chi connectivity index (χ3v) is 2.22. The predicted octanol–water partition coefficient (Wildman–Crippen LogP) is 2.77. The molecule has 0 saturated heterocycles. The molecule has 64 valence electrons. The molecule has 0 saturated carbocycles. The molecule has 0 atom stereocenters. The summed E-state index contributed by atoms with van der Waals surface area (Å²) in [7, 11) is 0. The van der Waals surface area contributed by atoms with Crippen LogP contribution >= 0.6 is 15.9 Å². The molecule has 4 heteroatoms. The highest BCUT2D eigenvalue weighted by molar-refractivity contribution is 9.10. The molecule has 1 heterocycles. The Morgan fingerprint density at radius 2 is 2.23 bits per heavy atom. The second-order valence-corrected chi connectivity index (χ2v) is 3.45. The number of hydrogen-bond donors (Lipinski definition) is 1. The van der Waals surface area contributed by atoms with E-state index in [-0.39, 0.29) is 11.5 Å². The van der Waals surface area contributed by atoms with Crippen LogP contribution in [0.25, 0.3) is 11.0 Å². The first-order chi connectivity index (χ1) is 6.22. The van der Waals surface area contributed by atoms with Crippen LogP contribution in [0.15, 0.2) is 27.1 Å². The zero-order valence-corrected chi connectivity index (χ0v) is 8.00. The topological polar surface area (TPSA) is 57.2 Å². The molecule has 1 aromatic carbocycles. The Hall–Kier alpha value is -1.47. The molecule has 0 unspecified atom stereocenters. The summed E-state index contributed by atoms with van der Waals surface area (Å²) in [5.41, 5.74) is 0.511. The van der Waals surface area contributed by atoms with Gasteiger partial charge in [0.15, 0.2) is 5.75 Å². The van der Waals surface area contributed by atoms with Gasteiger partial charge in [0.05, 0.1) is 5.39 Å². The number of nitrogens with zero attached hydrogens (tertiary/aromatic N) is 1. The Morgan fingerprint density at radius 3 is 2.92 bits per heavy atom. The third-order valence-electron chi connectivity index (χ3n) is 1.73. The van der Waals surface area contributed by atoms with Crippen molar-refractivity contribution >= 4 is 26.9 Å². The monoisotopic (exact) mass is 237 g/mol. The van der Waals surface area contributed by atoms with Crippen LogP contribution in [0.5, 0.6) is 5.75 Å². The van der Waals surface area contributed by atoms with E-state index in [0.717, 1.165) is 4.47 Å². The average Bonchev–Trinajstić information content (AvgIpc) is 2.44. The molecule has 0 fully saturated rings. The molecule has 2 rings (SSSR count). The van der Waals surface area contributed by atoms with Crippen LogP contribution in [-0.2, 0) is 0 Å². The molecule has 0 amide bonds. The van der Waals surface area contributed by atoms with Crippen LogP contribution in [0.4, 0.5) is 0 Å². The van der Waals surface area contributed by atoms with E-state index < -0.39 is 0 Å². The van der Waals surface area contributed by atoms with Gasteiger partial charge < -0.3 is 9.52 Å². The molecule has 3 nitrogen and oxygen atoms in total. The van der Waals surface area contributed by atoms with Crippen LogP contribution in [0.1, 0.15) is 5.76 Å². The first-order valence-corrected chi connectivity index (χ1v) is 4.33. The van der Waals surface area contributed by atoms with Gasteiger partial charge in [-0.1, -0.05) is 15.9 Å². The quantitative estimate of drug-likeness (QED) is 0.767. The SMILES string of the molecule is N#Cc1oc2ccc(Br)cc2c1O.